The maximum absolute atomic E-state index is 4.36. The van der Waals surface area contributed by atoms with Crippen LogP contribution in [-0.4, -0.2) is 9.78 Å². The second kappa shape index (κ2) is 5.15. The fourth-order valence-electron chi connectivity index (χ4n) is 2.02. The average Bonchev–Trinajstić information content (AvgIpc) is 2.67. The van der Waals surface area contributed by atoms with Crippen molar-refractivity contribution >= 4 is 0 Å². The van der Waals surface area contributed by atoms with Crippen molar-refractivity contribution in [2.45, 2.75) is 26.4 Å². The number of benzene rings is 1. The number of aromatic nitrogens is 2. The Balaban J connectivity index is 1.98. The molecule has 1 heterocycles. The molecule has 90 valence electrons. The van der Waals surface area contributed by atoms with Crippen molar-refractivity contribution < 1.29 is 0 Å². The summed E-state index contributed by atoms with van der Waals surface area (Å²) in [6, 6.07) is 10.8. The minimum absolute atomic E-state index is 0.323. The van der Waals surface area contributed by atoms with Crippen LogP contribution in [0.4, 0.5) is 0 Å². The molecule has 1 aromatic carbocycles. The third-order valence-electron chi connectivity index (χ3n) is 2.97. The number of nitrogens with zero attached hydrogens (tertiary/aromatic N) is 2. The van der Waals surface area contributed by atoms with E-state index in [9.17, 15) is 0 Å². The Bertz CT molecular complexity index is 473. The topological polar surface area (TPSA) is 29.9 Å². The number of aryl methyl sites for hydroxylation is 2. The zero-order chi connectivity index (χ0) is 12.3. The lowest BCUT2D eigenvalue weighted by molar-refractivity contribution is 0.572. The van der Waals surface area contributed by atoms with Crippen LogP contribution in [0.3, 0.4) is 0 Å². The number of hydrogen-bond acceptors (Lipinski definition) is 2. The first-order valence-corrected chi connectivity index (χ1v) is 5.94. The molecule has 3 heteroatoms. The van der Waals surface area contributed by atoms with Crippen molar-refractivity contribution in [3.05, 3.63) is 53.3 Å². The van der Waals surface area contributed by atoms with Gasteiger partial charge < -0.3 is 5.32 Å². The van der Waals surface area contributed by atoms with Crippen molar-refractivity contribution in [2.24, 2.45) is 7.05 Å². The van der Waals surface area contributed by atoms with E-state index in [0.29, 0.717) is 6.04 Å². The molecule has 1 aromatic heterocycles. The smallest absolute Gasteiger partial charge is 0.0641 e. The molecule has 0 amide bonds. The number of nitrogens with one attached hydrogen (secondary N) is 1. The summed E-state index contributed by atoms with van der Waals surface area (Å²) < 4.78 is 1.87. The van der Waals surface area contributed by atoms with Crippen LogP contribution in [-0.2, 0) is 13.6 Å². The van der Waals surface area contributed by atoms with Crippen LogP contribution in [0.1, 0.15) is 29.8 Å². The Labute approximate surface area is 102 Å². The lowest BCUT2D eigenvalue weighted by atomic mass is 10.1. The normalized spacial score (nSPS) is 12.6. The van der Waals surface area contributed by atoms with E-state index in [1.54, 1.807) is 0 Å². The van der Waals surface area contributed by atoms with Crippen LogP contribution in [0.2, 0.25) is 0 Å². The van der Waals surface area contributed by atoms with Crippen molar-refractivity contribution in [1.82, 2.24) is 15.1 Å². The second-order valence-electron chi connectivity index (χ2n) is 4.43. The summed E-state index contributed by atoms with van der Waals surface area (Å²) in [5.41, 5.74) is 3.67. The fourth-order valence-corrected chi connectivity index (χ4v) is 2.02. The highest BCUT2D eigenvalue weighted by atomic mass is 15.3. The van der Waals surface area contributed by atoms with Gasteiger partial charge in [-0.1, -0.05) is 30.3 Å². The summed E-state index contributed by atoms with van der Waals surface area (Å²) >= 11 is 0. The lowest BCUT2D eigenvalue weighted by Crippen LogP contribution is -2.18. The van der Waals surface area contributed by atoms with Gasteiger partial charge in [0.2, 0.25) is 0 Å². The van der Waals surface area contributed by atoms with E-state index in [4.69, 9.17) is 0 Å². The summed E-state index contributed by atoms with van der Waals surface area (Å²) in [4.78, 5) is 0. The van der Waals surface area contributed by atoms with Gasteiger partial charge in [0.1, 0.15) is 0 Å². The highest BCUT2D eigenvalue weighted by molar-refractivity contribution is 5.20. The van der Waals surface area contributed by atoms with Crippen LogP contribution in [0.25, 0.3) is 0 Å². The van der Waals surface area contributed by atoms with Gasteiger partial charge in [0.25, 0.3) is 0 Å². The third kappa shape index (κ3) is 2.94. The minimum atomic E-state index is 0.323. The van der Waals surface area contributed by atoms with Gasteiger partial charge in [-0.25, -0.2) is 0 Å². The van der Waals surface area contributed by atoms with Crippen LogP contribution < -0.4 is 5.32 Å². The van der Waals surface area contributed by atoms with Gasteiger partial charge in [-0.3, -0.25) is 4.68 Å². The monoisotopic (exact) mass is 229 g/mol. The molecule has 1 unspecified atom stereocenters. The molecule has 0 fully saturated rings. The van der Waals surface area contributed by atoms with E-state index < -0.39 is 0 Å². The summed E-state index contributed by atoms with van der Waals surface area (Å²) in [7, 11) is 1.96. The highest BCUT2D eigenvalue weighted by Crippen LogP contribution is 2.15. The second-order valence-corrected chi connectivity index (χ2v) is 4.43. The Kier molecular flexibility index (Phi) is 3.59. The zero-order valence-corrected chi connectivity index (χ0v) is 10.6. The Morgan fingerprint density at radius 3 is 2.59 bits per heavy atom. The first-order valence-electron chi connectivity index (χ1n) is 5.94. The summed E-state index contributed by atoms with van der Waals surface area (Å²) in [5.74, 6) is 0. The highest BCUT2D eigenvalue weighted by Gasteiger charge is 2.10. The lowest BCUT2D eigenvalue weighted by Gasteiger charge is -2.13. The van der Waals surface area contributed by atoms with E-state index in [0.717, 1.165) is 12.2 Å². The quantitative estimate of drug-likeness (QED) is 0.873. The van der Waals surface area contributed by atoms with Crippen molar-refractivity contribution in [2.75, 3.05) is 0 Å². The first kappa shape index (κ1) is 11.9. The molecule has 2 rings (SSSR count). The molecule has 1 N–H and O–H groups in total. The van der Waals surface area contributed by atoms with Gasteiger partial charge in [0.05, 0.1) is 5.69 Å². The van der Waals surface area contributed by atoms with Crippen LogP contribution in [0.5, 0.6) is 0 Å². The molecular weight excluding hydrogens is 210 g/mol. The van der Waals surface area contributed by atoms with E-state index in [1.807, 2.05) is 17.8 Å². The SMILES string of the molecule is Cc1nn(C)cc1C(C)NCc1ccccc1. The molecule has 0 spiro atoms. The van der Waals surface area contributed by atoms with Gasteiger partial charge >= 0.3 is 0 Å². The minimum Gasteiger partial charge on any atom is -0.306 e. The molecular formula is C14H19N3. The molecule has 0 saturated carbocycles. The third-order valence-corrected chi connectivity index (χ3v) is 2.97. The van der Waals surface area contributed by atoms with Crippen LogP contribution in [0.15, 0.2) is 36.5 Å². The first-order chi connectivity index (χ1) is 8.16. The predicted molar refractivity (Wildman–Crippen MR) is 69.6 cm³/mol. The molecule has 2 aromatic rings. The van der Waals surface area contributed by atoms with E-state index in [1.165, 1.54) is 11.1 Å². The molecule has 17 heavy (non-hydrogen) atoms. The molecule has 0 aliphatic heterocycles. The van der Waals surface area contributed by atoms with Gasteiger partial charge in [-0.05, 0) is 19.4 Å². The van der Waals surface area contributed by atoms with Gasteiger partial charge in [0.15, 0.2) is 0 Å². The fraction of sp³-hybridized carbons (Fsp3) is 0.357. The molecule has 0 aliphatic carbocycles. The van der Waals surface area contributed by atoms with E-state index in [-0.39, 0.29) is 0 Å². The molecule has 0 saturated heterocycles. The van der Waals surface area contributed by atoms with Crippen LogP contribution in [0, 0.1) is 6.92 Å². The Morgan fingerprint density at radius 1 is 1.29 bits per heavy atom. The average molecular weight is 229 g/mol. The molecule has 3 nitrogen and oxygen atoms in total. The summed E-state index contributed by atoms with van der Waals surface area (Å²) in [6.07, 6.45) is 2.08. The molecule has 0 aliphatic rings. The van der Waals surface area contributed by atoms with E-state index >= 15 is 0 Å². The maximum Gasteiger partial charge on any atom is 0.0641 e. The predicted octanol–water partition coefficient (Wildman–Crippen LogP) is 2.58. The largest absolute Gasteiger partial charge is 0.306 e. The van der Waals surface area contributed by atoms with Gasteiger partial charge in [0, 0.05) is 31.4 Å². The number of hydrogen-bond donors (Lipinski definition) is 1. The van der Waals surface area contributed by atoms with Crippen molar-refractivity contribution in [3.8, 4) is 0 Å². The number of rotatable bonds is 4. The summed E-state index contributed by atoms with van der Waals surface area (Å²) in [5, 5.41) is 7.88. The van der Waals surface area contributed by atoms with Gasteiger partial charge in [-0.2, -0.15) is 5.10 Å². The summed E-state index contributed by atoms with van der Waals surface area (Å²) in [6.45, 7) is 5.11. The van der Waals surface area contributed by atoms with Crippen LogP contribution >= 0.6 is 0 Å². The Morgan fingerprint density at radius 2 is 2.00 bits per heavy atom. The molecule has 1 atom stereocenters. The zero-order valence-electron chi connectivity index (χ0n) is 10.6. The Hall–Kier alpha value is -1.61. The standard InChI is InChI=1S/C14H19N3/c1-11(14-10-17(3)16-12(14)2)15-9-13-7-5-4-6-8-13/h4-8,10-11,15H,9H2,1-3H3. The molecule has 0 radical (unpaired) electrons. The van der Waals surface area contributed by atoms with Crippen molar-refractivity contribution in [1.29, 1.82) is 0 Å². The molecule has 0 bridgehead atoms. The van der Waals surface area contributed by atoms with E-state index in [2.05, 4.69) is 54.7 Å². The van der Waals surface area contributed by atoms with Gasteiger partial charge in [-0.15, -0.1) is 0 Å². The maximum atomic E-state index is 4.36. The van der Waals surface area contributed by atoms with Crippen molar-refractivity contribution in [3.63, 3.8) is 0 Å².